The van der Waals surface area contributed by atoms with Gasteiger partial charge in [0.25, 0.3) is 0 Å². The molecule has 0 aliphatic carbocycles. The van der Waals surface area contributed by atoms with E-state index in [-0.39, 0.29) is 6.61 Å². The second kappa shape index (κ2) is 3.78. The fourth-order valence-corrected chi connectivity index (χ4v) is 0.565. The summed E-state index contributed by atoms with van der Waals surface area (Å²) in [6.07, 6.45) is -4.56. The molecule has 0 aromatic heterocycles. The van der Waals surface area contributed by atoms with Crippen LogP contribution in [0.3, 0.4) is 0 Å². The van der Waals surface area contributed by atoms with Gasteiger partial charge < -0.3 is 10.5 Å². The van der Waals surface area contributed by atoms with Gasteiger partial charge in [0.2, 0.25) is 5.54 Å². The number of rotatable bonds is 3. The van der Waals surface area contributed by atoms with Gasteiger partial charge in [-0.1, -0.05) is 6.08 Å². The minimum Gasteiger partial charge on any atom is -0.464 e. The van der Waals surface area contributed by atoms with Gasteiger partial charge in [-0.25, -0.2) is 4.79 Å². The molecule has 6 heteroatoms. The quantitative estimate of drug-likeness (QED) is 0.542. The second-order valence-corrected chi connectivity index (χ2v) is 2.29. The molecule has 0 aromatic carbocycles. The number of nitrogens with two attached hydrogens (primary N) is 1. The smallest absolute Gasteiger partial charge is 0.420 e. The molecular weight excluding hydrogens is 187 g/mol. The zero-order valence-corrected chi connectivity index (χ0v) is 7.02. The van der Waals surface area contributed by atoms with Crippen molar-refractivity contribution in [3.63, 3.8) is 0 Å². The van der Waals surface area contributed by atoms with Gasteiger partial charge in [0.05, 0.1) is 6.61 Å². The molecule has 0 bridgehead atoms. The number of halogens is 3. The van der Waals surface area contributed by atoms with Crippen molar-refractivity contribution >= 4 is 5.97 Å². The Bertz CT molecular complexity index is 214. The van der Waals surface area contributed by atoms with Gasteiger partial charge in [0.15, 0.2) is 0 Å². The van der Waals surface area contributed by atoms with E-state index in [2.05, 4.69) is 11.3 Å². The van der Waals surface area contributed by atoms with Crippen molar-refractivity contribution in [2.45, 2.75) is 18.6 Å². The summed E-state index contributed by atoms with van der Waals surface area (Å²) in [6, 6.07) is 0. The standard InChI is InChI=1S/C7H10F3NO2/c1-3-6(11,7(8,9)10)5(12)13-4-2/h3H,1,4,11H2,2H3/t6-/m0/s1. The number of ether oxygens (including phenoxy) is 1. The third kappa shape index (κ3) is 2.21. The van der Waals surface area contributed by atoms with E-state index >= 15 is 0 Å². The lowest BCUT2D eigenvalue weighted by atomic mass is 10.0. The Labute approximate surface area is 73.4 Å². The highest BCUT2D eigenvalue weighted by Crippen LogP contribution is 2.30. The number of hydrogen-bond donors (Lipinski definition) is 1. The van der Waals surface area contributed by atoms with E-state index in [9.17, 15) is 18.0 Å². The van der Waals surface area contributed by atoms with Gasteiger partial charge in [-0.2, -0.15) is 13.2 Å². The zero-order chi connectivity index (χ0) is 10.7. The fraction of sp³-hybridized carbons (Fsp3) is 0.571. The molecular formula is C7H10F3NO2. The Morgan fingerprint density at radius 2 is 2.08 bits per heavy atom. The molecule has 1 atom stereocenters. The first-order valence-corrected chi connectivity index (χ1v) is 3.46. The first-order valence-electron chi connectivity index (χ1n) is 3.46. The molecule has 76 valence electrons. The lowest BCUT2D eigenvalue weighted by Gasteiger charge is -2.25. The summed E-state index contributed by atoms with van der Waals surface area (Å²) in [7, 11) is 0. The van der Waals surface area contributed by atoms with Crippen molar-refractivity contribution in [1.29, 1.82) is 0 Å². The van der Waals surface area contributed by atoms with E-state index in [0.717, 1.165) is 0 Å². The van der Waals surface area contributed by atoms with Crippen LogP contribution in [0.5, 0.6) is 0 Å². The van der Waals surface area contributed by atoms with E-state index in [1.165, 1.54) is 6.92 Å². The highest BCUT2D eigenvalue weighted by molar-refractivity contribution is 5.84. The van der Waals surface area contributed by atoms with Gasteiger partial charge in [0, 0.05) is 0 Å². The van der Waals surface area contributed by atoms with Crippen LogP contribution in [0.1, 0.15) is 6.92 Å². The van der Waals surface area contributed by atoms with Gasteiger partial charge in [-0.3, -0.25) is 0 Å². The summed E-state index contributed by atoms with van der Waals surface area (Å²) in [6.45, 7) is 4.08. The Balaban J connectivity index is 4.84. The first kappa shape index (κ1) is 12.0. The molecule has 0 saturated carbocycles. The highest BCUT2D eigenvalue weighted by Gasteiger charge is 2.56. The van der Waals surface area contributed by atoms with Gasteiger partial charge in [-0.15, -0.1) is 6.58 Å². The van der Waals surface area contributed by atoms with E-state index in [1.807, 2.05) is 0 Å². The molecule has 2 N–H and O–H groups in total. The number of carbonyl (C=O) groups excluding carboxylic acids is 1. The first-order chi connectivity index (χ1) is 5.79. The van der Waals surface area contributed by atoms with Crippen LogP contribution in [0.15, 0.2) is 12.7 Å². The lowest BCUT2D eigenvalue weighted by Crippen LogP contribution is -2.58. The Morgan fingerprint density at radius 3 is 2.31 bits per heavy atom. The molecule has 0 unspecified atom stereocenters. The number of hydrogen-bond acceptors (Lipinski definition) is 3. The lowest BCUT2D eigenvalue weighted by molar-refractivity contribution is -0.195. The normalized spacial score (nSPS) is 16.1. The van der Waals surface area contributed by atoms with Crippen molar-refractivity contribution < 1.29 is 22.7 Å². The molecule has 0 radical (unpaired) electrons. The summed E-state index contributed by atoms with van der Waals surface area (Å²) < 4.78 is 40.7. The number of alkyl halides is 3. The summed E-state index contributed by atoms with van der Waals surface area (Å²) in [5.41, 5.74) is 1.68. The predicted molar refractivity (Wildman–Crippen MR) is 39.8 cm³/mol. The van der Waals surface area contributed by atoms with Crippen molar-refractivity contribution in [2.24, 2.45) is 5.73 Å². The number of carbonyl (C=O) groups is 1. The maximum absolute atomic E-state index is 12.2. The summed E-state index contributed by atoms with van der Waals surface area (Å²) >= 11 is 0. The van der Waals surface area contributed by atoms with Crippen LogP contribution in [-0.2, 0) is 9.53 Å². The van der Waals surface area contributed by atoms with Gasteiger partial charge >= 0.3 is 12.1 Å². The average Bonchev–Trinajstić information content (AvgIpc) is 2.01. The van der Waals surface area contributed by atoms with Crippen LogP contribution in [0.25, 0.3) is 0 Å². The van der Waals surface area contributed by atoms with Gasteiger partial charge in [-0.05, 0) is 6.92 Å². The summed E-state index contributed by atoms with van der Waals surface area (Å²) in [5, 5.41) is 0. The predicted octanol–water partition coefficient (Wildman–Crippen LogP) is 0.995. The Kier molecular flexibility index (Phi) is 3.48. The van der Waals surface area contributed by atoms with E-state index in [0.29, 0.717) is 6.08 Å². The van der Waals surface area contributed by atoms with Crippen molar-refractivity contribution in [2.75, 3.05) is 6.61 Å². The minimum atomic E-state index is -4.89. The SMILES string of the molecule is C=C[C@](N)(C(=O)OCC)C(F)(F)F. The van der Waals surface area contributed by atoms with Crippen LogP contribution in [-0.4, -0.2) is 24.3 Å². The molecule has 3 nitrogen and oxygen atoms in total. The van der Waals surface area contributed by atoms with Crippen LogP contribution in [0.2, 0.25) is 0 Å². The van der Waals surface area contributed by atoms with Crippen molar-refractivity contribution in [1.82, 2.24) is 0 Å². The molecule has 0 rings (SSSR count). The molecule has 0 fully saturated rings. The summed E-state index contributed by atoms with van der Waals surface area (Å²) in [4.78, 5) is 10.8. The third-order valence-corrected chi connectivity index (χ3v) is 1.40. The fourth-order valence-electron chi connectivity index (χ4n) is 0.565. The Morgan fingerprint density at radius 1 is 1.62 bits per heavy atom. The molecule has 0 aromatic rings. The second-order valence-electron chi connectivity index (χ2n) is 2.29. The molecule has 0 saturated heterocycles. The largest absolute Gasteiger partial charge is 0.464 e. The van der Waals surface area contributed by atoms with Crippen LogP contribution in [0.4, 0.5) is 13.2 Å². The maximum atomic E-state index is 12.2. The highest BCUT2D eigenvalue weighted by atomic mass is 19.4. The monoisotopic (exact) mass is 197 g/mol. The van der Waals surface area contributed by atoms with Crippen LogP contribution < -0.4 is 5.73 Å². The number of esters is 1. The molecule has 0 spiro atoms. The van der Waals surface area contributed by atoms with Crippen LogP contribution >= 0.6 is 0 Å². The summed E-state index contributed by atoms with van der Waals surface area (Å²) in [5.74, 6) is -1.54. The minimum absolute atomic E-state index is 0.165. The Hall–Kier alpha value is -1.04. The molecule has 0 heterocycles. The van der Waals surface area contributed by atoms with E-state index < -0.39 is 17.7 Å². The van der Waals surface area contributed by atoms with Gasteiger partial charge in [0.1, 0.15) is 0 Å². The van der Waals surface area contributed by atoms with Crippen LogP contribution in [0, 0.1) is 0 Å². The molecule has 0 aliphatic heterocycles. The maximum Gasteiger partial charge on any atom is 0.420 e. The van der Waals surface area contributed by atoms with Crippen molar-refractivity contribution in [3.8, 4) is 0 Å². The van der Waals surface area contributed by atoms with E-state index in [4.69, 9.17) is 5.73 Å². The van der Waals surface area contributed by atoms with Crippen molar-refractivity contribution in [3.05, 3.63) is 12.7 Å². The topological polar surface area (TPSA) is 52.3 Å². The zero-order valence-electron chi connectivity index (χ0n) is 7.02. The van der Waals surface area contributed by atoms with E-state index in [1.54, 1.807) is 0 Å². The molecule has 0 amide bonds. The molecule has 13 heavy (non-hydrogen) atoms. The average molecular weight is 197 g/mol. The molecule has 0 aliphatic rings. The third-order valence-electron chi connectivity index (χ3n) is 1.40.